The highest BCUT2D eigenvalue weighted by Crippen LogP contribution is 2.25. The Balaban J connectivity index is 1.60. The molecule has 3 aliphatic rings. The molecule has 2 saturated heterocycles. The molecule has 5 nitrogen and oxygen atoms in total. The minimum Gasteiger partial charge on any atom is -0.378 e. The topological polar surface area (TPSA) is 49.9 Å². The Morgan fingerprint density at radius 1 is 1.14 bits per heavy atom. The van der Waals surface area contributed by atoms with E-state index in [1.54, 1.807) is 0 Å². The van der Waals surface area contributed by atoms with E-state index < -0.39 is 0 Å². The zero-order valence-electron chi connectivity index (χ0n) is 13.3. The smallest absolute Gasteiger partial charge is 0.245 e. The van der Waals surface area contributed by atoms with Crippen LogP contribution in [0.2, 0.25) is 0 Å². The first-order valence-electron chi connectivity index (χ1n) is 8.59. The van der Waals surface area contributed by atoms with Gasteiger partial charge in [0.25, 0.3) is 0 Å². The van der Waals surface area contributed by atoms with Crippen LogP contribution in [0, 0.1) is 0 Å². The molecule has 5 heteroatoms. The molecule has 0 aromatic carbocycles. The number of allylic oxidation sites excluding steroid dienone is 1. The Kier molecular flexibility index (Phi) is 5.13. The van der Waals surface area contributed by atoms with Crippen LogP contribution in [0.15, 0.2) is 11.6 Å². The standard InChI is InChI=1S/C17H26N2O3/c20-16(13-14-5-2-1-3-6-14)19-8-4-7-15(19)17(21)18-9-11-22-12-10-18/h5,15H,1-4,6-13H2/t15-/m0/s1. The van der Waals surface area contributed by atoms with E-state index in [9.17, 15) is 9.59 Å². The Hall–Kier alpha value is -1.36. The lowest BCUT2D eigenvalue weighted by molar-refractivity contribution is -0.146. The molecule has 1 aliphatic carbocycles. The summed E-state index contributed by atoms with van der Waals surface area (Å²) in [5.41, 5.74) is 1.26. The number of rotatable bonds is 3. The predicted octanol–water partition coefficient (Wildman–Crippen LogP) is 1.73. The minimum atomic E-state index is -0.241. The van der Waals surface area contributed by atoms with Crippen LogP contribution in [0.5, 0.6) is 0 Å². The van der Waals surface area contributed by atoms with Gasteiger partial charge in [-0.15, -0.1) is 0 Å². The van der Waals surface area contributed by atoms with Crippen molar-refractivity contribution in [3.8, 4) is 0 Å². The molecule has 0 saturated carbocycles. The molecule has 1 atom stereocenters. The normalized spacial score (nSPS) is 26.0. The molecule has 3 rings (SSSR count). The Morgan fingerprint density at radius 3 is 2.68 bits per heavy atom. The average molecular weight is 306 g/mol. The van der Waals surface area contributed by atoms with Crippen molar-refractivity contribution in [1.82, 2.24) is 9.80 Å². The summed E-state index contributed by atoms with van der Waals surface area (Å²) in [5, 5.41) is 0. The van der Waals surface area contributed by atoms with Gasteiger partial charge >= 0.3 is 0 Å². The number of ether oxygens (including phenoxy) is 1. The molecule has 0 aromatic rings. The van der Waals surface area contributed by atoms with Crippen LogP contribution >= 0.6 is 0 Å². The molecule has 2 heterocycles. The number of hydrogen-bond acceptors (Lipinski definition) is 3. The fourth-order valence-electron chi connectivity index (χ4n) is 3.68. The minimum absolute atomic E-state index is 0.117. The van der Waals surface area contributed by atoms with Gasteiger partial charge < -0.3 is 14.5 Å². The van der Waals surface area contributed by atoms with Gasteiger partial charge in [0.2, 0.25) is 11.8 Å². The molecule has 2 aliphatic heterocycles. The van der Waals surface area contributed by atoms with E-state index in [0.717, 1.165) is 32.2 Å². The molecule has 0 radical (unpaired) electrons. The number of morpholine rings is 1. The molecule has 0 aromatic heterocycles. The van der Waals surface area contributed by atoms with Crippen LogP contribution in [0.1, 0.15) is 44.9 Å². The van der Waals surface area contributed by atoms with Gasteiger partial charge in [0.05, 0.1) is 13.2 Å². The van der Waals surface area contributed by atoms with Gasteiger partial charge in [-0.3, -0.25) is 9.59 Å². The number of carbonyl (C=O) groups is 2. The maximum Gasteiger partial charge on any atom is 0.245 e. The van der Waals surface area contributed by atoms with E-state index >= 15 is 0 Å². The maximum atomic E-state index is 12.7. The van der Waals surface area contributed by atoms with Gasteiger partial charge in [-0.05, 0) is 38.5 Å². The van der Waals surface area contributed by atoms with Crippen LogP contribution < -0.4 is 0 Å². The summed E-state index contributed by atoms with van der Waals surface area (Å²) in [5.74, 6) is 0.254. The van der Waals surface area contributed by atoms with Crippen molar-refractivity contribution in [3.05, 3.63) is 11.6 Å². The van der Waals surface area contributed by atoms with Crippen LogP contribution in [0.3, 0.4) is 0 Å². The van der Waals surface area contributed by atoms with Crippen LogP contribution in [-0.4, -0.2) is 60.5 Å². The van der Waals surface area contributed by atoms with Crippen molar-refractivity contribution in [3.63, 3.8) is 0 Å². The fourth-order valence-corrected chi connectivity index (χ4v) is 3.68. The van der Waals surface area contributed by atoms with Crippen molar-refractivity contribution in [2.45, 2.75) is 51.0 Å². The Bertz CT molecular complexity index is 455. The highest BCUT2D eigenvalue weighted by Gasteiger charge is 2.36. The zero-order chi connectivity index (χ0) is 15.4. The Morgan fingerprint density at radius 2 is 1.95 bits per heavy atom. The van der Waals surface area contributed by atoms with E-state index in [1.807, 2.05) is 9.80 Å². The molecule has 0 N–H and O–H groups in total. The van der Waals surface area contributed by atoms with Crippen LogP contribution in [0.4, 0.5) is 0 Å². The number of hydrogen-bond donors (Lipinski definition) is 0. The van der Waals surface area contributed by atoms with Crippen LogP contribution in [-0.2, 0) is 14.3 Å². The van der Waals surface area contributed by atoms with Crippen molar-refractivity contribution in [2.24, 2.45) is 0 Å². The van der Waals surface area contributed by atoms with Gasteiger partial charge in [-0.1, -0.05) is 11.6 Å². The third kappa shape index (κ3) is 3.51. The van der Waals surface area contributed by atoms with Gasteiger partial charge in [0.1, 0.15) is 6.04 Å². The summed E-state index contributed by atoms with van der Waals surface area (Å²) in [6.45, 7) is 3.26. The molecule has 22 heavy (non-hydrogen) atoms. The molecule has 2 amide bonds. The predicted molar refractivity (Wildman–Crippen MR) is 83.3 cm³/mol. The van der Waals surface area contributed by atoms with E-state index in [-0.39, 0.29) is 17.9 Å². The molecule has 122 valence electrons. The molecule has 0 spiro atoms. The van der Waals surface area contributed by atoms with E-state index in [4.69, 9.17) is 4.74 Å². The summed E-state index contributed by atoms with van der Waals surface area (Å²) in [6, 6.07) is -0.241. The first-order chi connectivity index (χ1) is 10.8. The highest BCUT2D eigenvalue weighted by molar-refractivity contribution is 5.89. The SMILES string of the molecule is O=C([C@@H]1CCCN1C(=O)CC1=CCCCC1)N1CCOCC1. The second kappa shape index (κ2) is 7.27. The lowest BCUT2D eigenvalue weighted by Gasteiger charge is -2.32. The van der Waals surface area contributed by atoms with Gasteiger partial charge in [0.15, 0.2) is 0 Å². The first-order valence-corrected chi connectivity index (χ1v) is 8.59. The average Bonchev–Trinajstić information content (AvgIpc) is 3.05. The lowest BCUT2D eigenvalue weighted by atomic mass is 9.96. The Labute approximate surface area is 132 Å². The second-order valence-corrected chi connectivity index (χ2v) is 6.47. The number of nitrogens with zero attached hydrogens (tertiary/aromatic N) is 2. The molecule has 0 unspecified atom stereocenters. The fraction of sp³-hybridized carbons (Fsp3) is 0.765. The van der Waals surface area contributed by atoms with Gasteiger partial charge in [-0.2, -0.15) is 0 Å². The monoisotopic (exact) mass is 306 g/mol. The van der Waals surface area contributed by atoms with E-state index in [0.29, 0.717) is 32.7 Å². The van der Waals surface area contributed by atoms with E-state index in [1.165, 1.54) is 18.4 Å². The number of likely N-dealkylation sites (tertiary alicyclic amines) is 1. The maximum absolute atomic E-state index is 12.7. The van der Waals surface area contributed by atoms with Crippen molar-refractivity contribution < 1.29 is 14.3 Å². The molecular weight excluding hydrogens is 280 g/mol. The lowest BCUT2D eigenvalue weighted by Crippen LogP contribution is -2.51. The van der Waals surface area contributed by atoms with Crippen LogP contribution in [0.25, 0.3) is 0 Å². The van der Waals surface area contributed by atoms with Crippen molar-refractivity contribution in [2.75, 3.05) is 32.8 Å². The zero-order valence-corrected chi connectivity index (χ0v) is 13.3. The van der Waals surface area contributed by atoms with Crippen molar-refractivity contribution in [1.29, 1.82) is 0 Å². The van der Waals surface area contributed by atoms with Crippen molar-refractivity contribution >= 4 is 11.8 Å². The number of carbonyl (C=O) groups excluding carboxylic acids is 2. The summed E-state index contributed by atoms with van der Waals surface area (Å²) in [4.78, 5) is 29.0. The highest BCUT2D eigenvalue weighted by atomic mass is 16.5. The summed E-state index contributed by atoms with van der Waals surface area (Å²) >= 11 is 0. The summed E-state index contributed by atoms with van der Waals surface area (Å²) in [7, 11) is 0. The second-order valence-electron chi connectivity index (χ2n) is 6.47. The molecule has 2 fully saturated rings. The number of amides is 2. The van der Waals surface area contributed by atoms with Gasteiger partial charge in [0, 0.05) is 26.1 Å². The molecule has 0 bridgehead atoms. The summed E-state index contributed by atoms with van der Waals surface area (Å²) in [6.07, 6.45) is 9.03. The quantitative estimate of drug-likeness (QED) is 0.746. The first kappa shape index (κ1) is 15.5. The largest absolute Gasteiger partial charge is 0.378 e. The van der Waals surface area contributed by atoms with Gasteiger partial charge in [-0.25, -0.2) is 0 Å². The third-order valence-corrected chi connectivity index (χ3v) is 4.94. The van der Waals surface area contributed by atoms with E-state index in [2.05, 4.69) is 6.08 Å². The third-order valence-electron chi connectivity index (χ3n) is 4.94. The molecular formula is C17H26N2O3. The summed E-state index contributed by atoms with van der Waals surface area (Å²) < 4.78 is 5.31.